The van der Waals surface area contributed by atoms with Gasteiger partial charge in [0, 0.05) is 18.3 Å². The van der Waals surface area contributed by atoms with E-state index in [2.05, 4.69) is 51.9 Å². The minimum atomic E-state index is 0.282. The molecule has 0 aromatic heterocycles. The van der Waals surface area contributed by atoms with Gasteiger partial charge in [-0.15, -0.1) is 0 Å². The number of thioether (sulfide) groups is 1. The summed E-state index contributed by atoms with van der Waals surface area (Å²) in [5.41, 5.74) is 0.605. The Balaban J connectivity index is 2.57. The van der Waals surface area contributed by atoms with Crippen molar-refractivity contribution >= 4 is 16.9 Å². The number of hydrogen-bond acceptors (Lipinski definition) is 2. The van der Waals surface area contributed by atoms with Crippen molar-refractivity contribution in [2.45, 2.75) is 54.0 Å². The molecular formula is C13H26N2S. The summed E-state index contributed by atoms with van der Waals surface area (Å²) in [7, 11) is 0. The van der Waals surface area contributed by atoms with Gasteiger partial charge in [0.1, 0.15) is 0 Å². The maximum absolute atomic E-state index is 4.69. The Kier molecular flexibility index (Phi) is 4.33. The Morgan fingerprint density at radius 3 is 2.38 bits per heavy atom. The van der Waals surface area contributed by atoms with Crippen LogP contribution < -0.4 is 5.32 Å². The Morgan fingerprint density at radius 1 is 1.25 bits per heavy atom. The summed E-state index contributed by atoms with van der Waals surface area (Å²) in [6.45, 7) is 14.5. The Bertz CT molecular complexity index is 258. The highest BCUT2D eigenvalue weighted by molar-refractivity contribution is 8.13. The first kappa shape index (κ1) is 13.9. The van der Waals surface area contributed by atoms with Gasteiger partial charge in [0.05, 0.1) is 0 Å². The van der Waals surface area contributed by atoms with Crippen molar-refractivity contribution in [3.8, 4) is 0 Å². The smallest absolute Gasteiger partial charge is 0.156 e. The van der Waals surface area contributed by atoms with Gasteiger partial charge in [-0.1, -0.05) is 53.3 Å². The van der Waals surface area contributed by atoms with Crippen LogP contribution in [0.4, 0.5) is 0 Å². The molecule has 1 aliphatic heterocycles. The van der Waals surface area contributed by atoms with Crippen molar-refractivity contribution in [1.29, 1.82) is 0 Å². The molecule has 1 unspecified atom stereocenters. The summed E-state index contributed by atoms with van der Waals surface area (Å²) in [5, 5.41) is 4.72. The van der Waals surface area contributed by atoms with Crippen molar-refractivity contribution in [2.24, 2.45) is 15.8 Å². The predicted octanol–water partition coefficient (Wildman–Crippen LogP) is 3.53. The van der Waals surface area contributed by atoms with Crippen LogP contribution in [0.25, 0.3) is 0 Å². The van der Waals surface area contributed by atoms with Crippen LogP contribution in [0, 0.1) is 10.8 Å². The first-order valence-corrected chi connectivity index (χ1v) is 7.11. The van der Waals surface area contributed by atoms with E-state index in [0.29, 0.717) is 11.5 Å². The summed E-state index contributed by atoms with van der Waals surface area (Å²) < 4.78 is 0. The van der Waals surface area contributed by atoms with Crippen LogP contribution >= 0.6 is 11.8 Å². The molecule has 2 nitrogen and oxygen atoms in total. The van der Waals surface area contributed by atoms with Crippen LogP contribution in [0.2, 0.25) is 0 Å². The van der Waals surface area contributed by atoms with Crippen LogP contribution in [0.5, 0.6) is 0 Å². The van der Waals surface area contributed by atoms with E-state index in [9.17, 15) is 0 Å². The van der Waals surface area contributed by atoms with E-state index >= 15 is 0 Å². The molecule has 3 heteroatoms. The Hall–Kier alpha value is -0.180. The fourth-order valence-electron chi connectivity index (χ4n) is 1.59. The van der Waals surface area contributed by atoms with Gasteiger partial charge in [-0.05, 0) is 17.3 Å². The fraction of sp³-hybridized carbons (Fsp3) is 0.923. The lowest BCUT2D eigenvalue weighted by molar-refractivity contribution is 0.290. The average Bonchev–Trinajstić information content (AvgIpc) is 2.13. The molecule has 1 N–H and O–H groups in total. The fourth-order valence-corrected chi connectivity index (χ4v) is 2.51. The molecule has 0 bridgehead atoms. The monoisotopic (exact) mass is 242 g/mol. The van der Waals surface area contributed by atoms with E-state index in [-0.39, 0.29) is 5.41 Å². The lowest BCUT2D eigenvalue weighted by Crippen LogP contribution is -2.46. The van der Waals surface area contributed by atoms with Gasteiger partial charge < -0.3 is 5.32 Å². The van der Waals surface area contributed by atoms with Crippen molar-refractivity contribution in [3.63, 3.8) is 0 Å². The third kappa shape index (κ3) is 4.77. The van der Waals surface area contributed by atoms with Gasteiger partial charge in [0.2, 0.25) is 0 Å². The number of hydrogen-bond donors (Lipinski definition) is 1. The van der Waals surface area contributed by atoms with E-state index in [1.54, 1.807) is 0 Å². The van der Waals surface area contributed by atoms with E-state index in [1.165, 1.54) is 12.2 Å². The molecule has 1 atom stereocenters. The lowest BCUT2D eigenvalue weighted by atomic mass is 9.85. The molecule has 0 amide bonds. The van der Waals surface area contributed by atoms with E-state index in [0.717, 1.165) is 11.7 Å². The molecule has 1 aliphatic rings. The second kappa shape index (κ2) is 4.99. The molecule has 1 rings (SSSR count). The zero-order valence-corrected chi connectivity index (χ0v) is 12.4. The minimum absolute atomic E-state index is 0.282. The highest BCUT2D eigenvalue weighted by Crippen LogP contribution is 2.27. The molecule has 0 spiro atoms. The third-order valence-electron chi connectivity index (χ3n) is 2.69. The average molecular weight is 242 g/mol. The molecule has 16 heavy (non-hydrogen) atoms. The highest BCUT2D eigenvalue weighted by atomic mass is 32.2. The summed E-state index contributed by atoms with van der Waals surface area (Å²) in [5.74, 6) is 1.19. The summed E-state index contributed by atoms with van der Waals surface area (Å²) >= 11 is 1.86. The SMILES string of the molecule is CC(C)(C)CN=C1NC(C(C)(C)C)CCS1. The van der Waals surface area contributed by atoms with Gasteiger partial charge in [-0.3, -0.25) is 4.99 Å². The molecule has 1 saturated heterocycles. The standard InChI is InChI=1S/C13H26N2S/c1-12(2,3)9-14-11-15-10(7-8-16-11)13(4,5)6/h10H,7-9H2,1-6H3,(H,14,15). The third-order valence-corrected chi connectivity index (χ3v) is 3.65. The Morgan fingerprint density at radius 2 is 1.88 bits per heavy atom. The Labute approximate surface area is 105 Å². The number of nitrogens with one attached hydrogen (secondary N) is 1. The normalized spacial score (nSPS) is 25.6. The largest absolute Gasteiger partial charge is 0.362 e. The summed E-state index contributed by atoms with van der Waals surface area (Å²) in [4.78, 5) is 4.69. The van der Waals surface area contributed by atoms with Gasteiger partial charge in [0.15, 0.2) is 5.17 Å². The number of aliphatic imine (C=N–C) groups is 1. The molecule has 1 heterocycles. The summed E-state index contributed by atoms with van der Waals surface area (Å²) in [6.07, 6.45) is 1.24. The van der Waals surface area contributed by atoms with Crippen molar-refractivity contribution in [2.75, 3.05) is 12.3 Å². The number of nitrogens with zero attached hydrogens (tertiary/aromatic N) is 1. The second-order valence-corrected chi connectivity index (χ2v) is 7.97. The molecule has 94 valence electrons. The van der Waals surface area contributed by atoms with Crippen molar-refractivity contribution < 1.29 is 0 Å². The molecule has 0 aromatic rings. The maximum atomic E-state index is 4.69. The van der Waals surface area contributed by atoms with E-state index in [4.69, 9.17) is 0 Å². The number of rotatable bonds is 1. The van der Waals surface area contributed by atoms with Crippen molar-refractivity contribution in [1.82, 2.24) is 5.32 Å². The minimum Gasteiger partial charge on any atom is -0.362 e. The molecule has 0 aliphatic carbocycles. The van der Waals surface area contributed by atoms with Crippen molar-refractivity contribution in [3.05, 3.63) is 0 Å². The zero-order valence-electron chi connectivity index (χ0n) is 11.6. The van der Waals surface area contributed by atoms with Gasteiger partial charge >= 0.3 is 0 Å². The molecular weight excluding hydrogens is 216 g/mol. The van der Waals surface area contributed by atoms with E-state index in [1.807, 2.05) is 11.8 Å². The van der Waals surface area contributed by atoms with Crippen LogP contribution in [0.15, 0.2) is 4.99 Å². The quantitative estimate of drug-likeness (QED) is 0.760. The van der Waals surface area contributed by atoms with Gasteiger partial charge in [0.25, 0.3) is 0 Å². The highest BCUT2D eigenvalue weighted by Gasteiger charge is 2.28. The lowest BCUT2D eigenvalue weighted by Gasteiger charge is -2.35. The van der Waals surface area contributed by atoms with Gasteiger partial charge in [-0.25, -0.2) is 0 Å². The van der Waals surface area contributed by atoms with Crippen LogP contribution in [0.3, 0.4) is 0 Å². The van der Waals surface area contributed by atoms with Crippen LogP contribution in [-0.4, -0.2) is 23.5 Å². The van der Waals surface area contributed by atoms with E-state index < -0.39 is 0 Å². The topological polar surface area (TPSA) is 24.4 Å². The second-order valence-electron chi connectivity index (χ2n) is 6.88. The van der Waals surface area contributed by atoms with Gasteiger partial charge in [-0.2, -0.15) is 0 Å². The first-order valence-electron chi connectivity index (χ1n) is 6.12. The number of amidine groups is 1. The van der Waals surface area contributed by atoms with Crippen LogP contribution in [0.1, 0.15) is 48.0 Å². The van der Waals surface area contributed by atoms with Crippen LogP contribution in [-0.2, 0) is 0 Å². The molecule has 0 radical (unpaired) electrons. The molecule has 0 saturated carbocycles. The molecule has 1 fully saturated rings. The first-order chi connectivity index (χ1) is 7.18. The zero-order chi connectivity index (χ0) is 12.4. The molecule has 0 aromatic carbocycles. The maximum Gasteiger partial charge on any atom is 0.156 e. The summed E-state index contributed by atoms with van der Waals surface area (Å²) in [6, 6.07) is 0.562. The predicted molar refractivity (Wildman–Crippen MR) is 75.2 cm³/mol.